The van der Waals surface area contributed by atoms with E-state index in [2.05, 4.69) is 19.2 Å². The second-order valence-corrected chi connectivity index (χ2v) is 5.46. The molecule has 2 saturated heterocycles. The molecule has 2 bridgehead atoms. The Balaban J connectivity index is 2.09. The maximum absolute atomic E-state index is 10.8. The average molecular weight is 211 g/mol. The first kappa shape index (κ1) is 10.9. The summed E-state index contributed by atoms with van der Waals surface area (Å²) in [7, 11) is 0. The number of hydrogen-bond donors (Lipinski definition) is 2. The van der Waals surface area contributed by atoms with Crippen LogP contribution in [0.1, 0.15) is 39.5 Å². The van der Waals surface area contributed by atoms with E-state index in [-0.39, 0.29) is 0 Å². The zero-order valence-electron chi connectivity index (χ0n) is 9.57. The molecule has 0 spiro atoms. The summed E-state index contributed by atoms with van der Waals surface area (Å²) >= 11 is 0. The van der Waals surface area contributed by atoms with E-state index in [9.17, 15) is 4.79 Å². The van der Waals surface area contributed by atoms with Crippen LogP contribution in [-0.4, -0.2) is 23.2 Å². The van der Waals surface area contributed by atoms with Crippen LogP contribution < -0.4 is 5.32 Å². The van der Waals surface area contributed by atoms with Gasteiger partial charge in [-0.25, -0.2) is 0 Å². The van der Waals surface area contributed by atoms with Crippen LogP contribution in [0.15, 0.2) is 0 Å². The van der Waals surface area contributed by atoms with Crippen molar-refractivity contribution in [2.45, 2.75) is 51.6 Å². The highest BCUT2D eigenvalue weighted by Crippen LogP contribution is 2.41. The van der Waals surface area contributed by atoms with Crippen molar-refractivity contribution in [3.8, 4) is 0 Å². The maximum atomic E-state index is 10.8. The van der Waals surface area contributed by atoms with E-state index in [0.29, 0.717) is 36.3 Å². The number of hydrogen-bond acceptors (Lipinski definition) is 2. The minimum Gasteiger partial charge on any atom is -0.481 e. The van der Waals surface area contributed by atoms with E-state index in [1.807, 2.05) is 0 Å². The van der Waals surface area contributed by atoms with Gasteiger partial charge in [-0.15, -0.1) is 0 Å². The van der Waals surface area contributed by atoms with E-state index < -0.39 is 5.97 Å². The van der Waals surface area contributed by atoms with Gasteiger partial charge < -0.3 is 10.4 Å². The van der Waals surface area contributed by atoms with Gasteiger partial charge in [0.25, 0.3) is 0 Å². The molecule has 0 aromatic carbocycles. The quantitative estimate of drug-likeness (QED) is 0.749. The second-order valence-electron chi connectivity index (χ2n) is 5.46. The van der Waals surface area contributed by atoms with Crippen molar-refractivity contribution in [3.05, 3.63) is 0 Å². The molecule has 3 heteroatoms. The molecular formula is C12H21NO2. The Morgan fingerprint density at radius 3 is 2.80 bits per heavy atom. The minimum atomic E-state index is -0.632. The second kappa shape index (κ2) is 4.12. The summed E-state index contributed by atoms with van der Waals surface area (Å²) < 4.78 is 0. The lowest BCUT2D eigenvalue weighted by Crippen LogP contribution is -2.47. The number of aliphatic carboxylic acids is 1. The summed E-state index contributed by atoms with van der Waals surface area (Å²) in [6, 6.07) is 1.17. The molecule has 2 aliphatic rings. The molecule has 0 saturated carbocycles. The van der Waals surface area contributed by atoms with Gasteiger partial charge in [-0.1, -0.05) is 13.8 Å². The summed E-state index contributed by atoms with van der Waals surface area (Å²) in [5.74, 6) is 0.902. The number of piperidine rings is 1. The Bertz CT molecular complexity index is 252. The first-order valence-corrected chi connectivity index (χ1v) is 6.05. The standard InChI is InChI=1S/C12H21NO2/c1-7(2)12-8(6-11(14)15)5-9-3-4-10(12)13-9/h7-10,12-13H,3-6H2,1-2H3,(H,14,15). The third kappa shape index (κ3) is 2.17. The third-order valence-corrected chi connectivity index (χ3v) is 4.08. The molecule has 3 nitrogen and oxygen atoms in total. The van der Waals surface area contributed by atoms with Crippen LogP contribution in [0.4, 0.5) is 0 Å². The topological polar surface area (TPSA) is 49.3 Å². The fourth-order valence-electron chi connectivity index (χ4n) is 3.64. The number of nitrogens with one attached hydrogen (secondary N) is 1. The van der Waals surface area contributed by atoms with Crippen molar-refractivity contribution in [2.75, 3.05) is 0 Å². The Hall–Kier alpha value is -0.570. The van der Waals surface area contributed by atoms with Gasteiger partial charge in [-0.2, -0.15) is 0 Å². The van der Waals surface area contributed by atoms with E-state index in [1.54, 1.807) is 0 Å². The molecule has 2 aliphatic heterocycles. The van der Waals surface area contributed by atoms with Gasteiger partial charge in [0.2, 0.25) is 0 Å². The van der Waals surface area contributed by atoms with E-state index in [1.165, 1.54) is 12.8 Å². The molecule has 2 N–H and O–H groups in total. The molecule has 0 aromatic heterocycles. The average Bonchev–Trinajstić information content (AvgIpc) is 2.46. The molecule has 4 atom stereocenters. The Kier molecular flexibility index (Phi) is 3.01. The molecule has 4 unspecified atom stereocenters. The molecule has 0 amide bonds. The van der Waals surface area contributed by atoms with Crippen LogP contribution in [0.2, 0.25) is 0 Å². The predicted octanol–water partition coefficient (Wildman–Crippen LogP) is 1.87. The lowest BCUT2D eigenvalue weighted by atomic mass is 9.73. The monoisotopic (exact) mass is 211 g/mol. The largest absolute Gasteiger partial charge is 0.481 e. The molecule has 15 heavy (non-hydrogen) atoms. The van der Waals surface area contributed by atoms with Gasteiger partial charge in [-0.3, -0.25) is 4.79 Å². The molecule has 0 radical (unpaired) electrons. The van der Waals surface area contributed by atoms with Gasteiger partial charge in [-0.05, 0) is 37.0 Å². The number of carboxylic acid groups (broad SMARTS) is 1. The van der Waals surface area contributed by atoms with Crippen molar-refractivity contribution >= 4 is 5.97 Å². The van der Waals surface area contributed by atoms with Gasteiger partial charge in [0.15, 0.2) is 0 Å². The molecule has 86 valence electrons. The number of rotatable bonds is 3. The van der Waals surface area contributed by atoms with Crippen LogP contribution in [0.25, 0.3) is 0 Å². The van der Waals surface area contributed by atoms with Crippen LogP contribution >= 0.6 is 0 Å². The van der Waals surface area contributed by atoms with Gasteiger partial charge in [0.05, 0.1) is 0 Å². The van der Waals surface area contributed by atoms with Crippen LogP contribution in [-0.2, 0) is 4.79 Å². The summed E-state index contributed by atoms with van der Waals surface area (Å²) in [5.41, 5.74) is 0. The Labute approximate surface area is 91.2 Å². The number of fused-ring (bicyclic) bond motifs is 2. The number of carboxylic acids is 1. The molecule has 2 heterocycles. The molecule has 0 aliphatic carbocycles. The zero-order valence-corrected chi connectivity index (χ0v) is 9.57. The van der Waals surface area contributed by atoms with Crippen molar-refractivity contribution < 1.29 is 9.90 Å². The summed E-state index contributed by atoms with van der Waals surface area (Å²) in [6.07, 6.45) is 3.90. The molecule has 0 aromatic rings. The highest BCUT2D eigenvalue weighted by molar-refractivity contribution is 5.67. The third-order valence-electron chi connectivity index (χ3n) is 4.08. The van der Waals surface area contributed by atoms with Gasteiger partial charge >= 0.3 is 5.97 Å². The van der Waals surface area contributed by atoms with E-state index in [0.717, 1.165) is 6.42 Å². The fourth-order valence-corrected chi connectivity index (χ4v) is 3.64. The molecule has 2 rings (SSSR count). The zero-order chi connectivity index (χ0) is 11.0. The van der Waals surface area contributed by atoms with Crippen molar-refractivity contribution in [2.24, 2.45) is 17.8 Å². The van der Waals surface area contributed by atoms with Crippen LogP contribution in [0.5, 0.6) is 0 Å². The molecular weight excluding hydrogens is 190 g/mol. The summed E-state index contributed by atoms with van der Waals surface area (Å²) in [5, 5.41) is 12.6. The Morgan fingerprint density at radius 1 is 1.47 bits per heavy atom. The highest BCUT2D eigenvalue weighted by Gasteiger charge is 2.43. The lowest BCUT2D eigenvalue weighted by molar-refractivity contribution is -0.139. The highest BCUT2D eigenvalue weighted by atomic mass is 16.4. The van der Waals surface area contributed by atoms with E-state index >= 15 is 0 Å². The van der Waals surface area contributed by atoms with Crippen molar-refractivity contribution in [3.63, 3.8) is 0 Å². The molecule has 2 fully saturated rings. The Morgan fingerprint density at radius 2 is 2.20 bits per heavy atom. The van der Waals surface area contributed by atoms with Crippen molar-refractivity contribution in [1.29, 1.82) is 0 Å². The maximum Gasteiger partial charge on any atom is 0.303 e. The smallest absolute Gasteiger partial charge is 0.303 e. The lowest BCUT2D eigenvalue weighted by Gasteiger charge is -2.39. The fraction of sp³-hybridized carbons (Fsp3) is 0.917. The normalized spacial score (nSPS) is 39.7. The SMILES string of the molecule is CC(C)C1C(CC(=O)O)CC2CCC1N2. The number of carbonyl (C=O) groups is 1. The summed E-state index contributed by atoms with van der Waals surface area (Å²) in [6.45, 7) is 4.44. The van der Waals surface area contributed by atoms with Crippen LogP contribution in [0.3, 0.4) is 0 Å². The minimum absolute atomic E-state index is 0.359. The predicted molar refractivity (Wildman–Crippen MR) is 58.6 cm³/mol. The summed E-state index contributed by atoms with van der Waals surface area (Å²) in [4.78, 5) is 10.8. The first-order valence-electron chi connectivity index (χ1n) is 6.05. The first-order chi connectivity index (χ1) is 7.08. The van der Waals surface area contributed by atoms with Gasteiger partial charge in [0.1, 0.15) is 0 Å². The van der Waals surface area contributed by atoms with Crippen LogP contribution in [0, 0.1) is 17.8 Å². The van der Waals surface area contributed by atoms with Crippen molar-refractivity contribution in [1.82, 2.24) is 5.32 Å². The van der Waals surface area contributed by atoms with E-state index in [4.69, 9.17) is 5.11 Å². The van der Waals surface area contributed by atoms with Gasteiger partial charge in [0, 0.05) is 18.5 Å².